The summed E-state index contributed by atoms with van der Waals surface area (Å²) in [6.07, 6.45) is 17.0. The number of hydrogen-bond acceptors (Lipinski definition) is 3. The summed E-state index contributed by atoms with van der Waals surface area (Å²) in [6, 6.07) is 0. The van der Waals surface area contributed by atoms with Crippen LogP contribution in [0.25, 0.3) is 0 Å². The van der Waals surface area contributed by atoms with Gasteiger partial charge in [0.25, 0.3) is 0 Å². The largest absolute Gasteiger partial charge is 0.462 e. The Morgan fingerprint density at radius 1 is 1.29 bits per heavy atom. The van der Waals surface area contributed by atoms with Crippen molar-refractivity contribution in [2.24, 2.45) is 0 Å². The van der Waals surface area contributed by atoms with Gasteiger partial charge in [0.1, 0.15) is 6.10 Å². The summed E-state index contributed by atoms with van der Waals surface area (Å²) in [4.78, 5) is 23.9. The minimum Gasteiger partial charge on any atom is -0.462 e. The van der Waals surface area contributed by atoms with Crippen LogP contribution in [0.3, 0.4) is 0 Å². The Kier molecular flexibility index (Phi) is 9.74. The molecule has 1 unspecified atom stereocenters. The summed E-state index contributed by atoms with van der Waals surface area (Å²) in [5.74, 6) is -0.0321. The predicted molar refractivity (Wildman–Crippen MR) is 98.7 cm³/mol. The number of carbonyl (C=O) groups excluding carboxylic acids is 2. The van der Waals surface area contributed by atoms with Crippen molar-refractivity contribution < 1.29 is 14.3 Å². The maximum Gasteiger partial charge on any atom is 0.306 e. The smallest absolute Gasteiger partial charge is 0.306 e. The second-order valence-corrected chi connectivity index (χ2v) is 6.07. The Hall–Kier alpha value is -1.90. The van der Waals surface area contributed by atoms with Gasteiger partial charge in [0.15, 0.2) is 5.78 Å². The third-order valence-corrected chi connectivity index (χ3v) is 3.99. The van der Waals surface area contributed by atoms with Gasteiger partial charge in [-0.25, -0.2) is 0 Å². The summed E-state index contributed by atoms with van der Waals surface area (Å²) in [6.45, 7) is 5.89. The van der Waals surface area contributed by atoms with Crippen LogP contribution in [0.1, 0.15) is 65.7 Å². The quantitative estimate of drug-likeness (QED) is 0.238. The molecule has 0 aromatic carbocycles. The number of unbranched alkanes of at least 4 members (excludes halogenated alkanes) is 1. The van der Waals surface area contributed by atoms with Crippen LogP contribution >= 0.6 is 0 Å². The number of rotatable bonds is 10. The first kappa shape index (κ1) is 20.1. The molecule has 132 valence electrons. The summed E-state index contributed by atoms with van der Waals surface area (Å²) < 4.78 is 5.61. The number of ether oxygens (including phenoxy) is 1. The van der Waals surface area contributed by atoms with E-state index in [-0.39, 0.29) is 17.9 Å². The van der Waals surface area contributed by atoms with E-state index in [0.717, 1.165) is 30.4 Å². The lowest BCUT2D eigenvalue weighted by Gasteiger charge is -2.15. The molecule has 0 heterocycles. The zero-order valence-corrected chi connectivity index (χ0v) is 15.2. The third kappa shape index (κ3) is 7.58. The van der Waals surface area contributed by atoms with Crippen LogP contribution in [0.5, 0.6) is 0 Å². The monoisotopic (exact) mass is 330 g/mol. The molecule has 0 aliphatic heterocycles. The van der Waals surface area contributed by atoms with E-state index in [2.05, 4.69) is 25.2 Å². The zero-order chi connectivity index (χ0) is 17.8. The molecular weight excluding hydrogens is 300 g/mol. The molecule has 0 fully saturated rings. The standard InChI is InChI=1S/C21H30O3/c1-4-6-8-10-12-20(22)24-19(11-9-7-5-2)16-15-18-14-13-17(3)21(18)23/h4,6-7,9,13,15,19H,5,8,10-12,14,16H2,1-3H3/b6-4-,9-7-,18-15+. The molecule has 3 heteroatoms. The van der Waals surface area contributed by atoms with Crippen LogP contribution < -0.4 is 0 Å². The van der Waals surface area contributed by atoms with Crippen molar-refractivity contribution >= 4 is 11.8 Å². The van der Waals surface area contributed by atoms with Crippen LogP contribution in [0.4, 0.5) is 0 Å². The Labute approximate surface area is 146 Å². The highest BCUT2D eigenvalue weighted by Gasteiger charge is 2.18. The number of carbonyl (C=O) groups is 2. The van der Waals surface area contributed by atoms with Crippen LogP contribution in [0.2, 0.25) is 0 Å². The number of allylic oxidation sites excluding steroid dienone is 6. The average molecular weight is 330 g/mol. The molecule has 0 spiro atoms. The number of hydrogen-bond donors (Lipinski definition) is 0. The summed E-state index contributed by atoms with van der Waals surface area (Å²) >= 11 is 0. The predicted octanol–water partition coefficient (Wildman–Crippen LogP) is 5.24. The van der Waals surface area contributed by atoms with E-state index >= 15 is 0 Å². The minimum atomic E-state index is -0.191. The molecular formula is C21H30O3. The first-order valence-corrected chi connectivity index (χ1v) is 8.94. The second-order valence-electron chi connectivity index (χ2n) is 6.07. The van der Waals surface area contributed by atoms with Gasteiger partial charge in [0, 0.05) is 19.3 Å². The fourth-order valence-corrected chi connectivity index (χ4v) is 2.53. The summed E-state index contributed by atoms with van der Waals surface area (Å²) in [5.41, 5.74) is 1.63. The highest BCUT2D eigenvalue weighted by Crippen LogP contribution is 2.21. The molecule has 0 N–H and O–H groups in total. The van der Waals surface area contributed by atoms with E-state index in [9.17, 15) is 9.59 Å². The topological polar surface area (TPSA) is 43.4 Å². The van der Waals surface area contributed by atoms with Crippen molar-refractivity contribution in [1.82, 2.24) is 0 Å². The van der Waals surface area contributed by atoms with E-state index in [1.165, 1.54) is 0 Å². The average Bonchev–Trinajstić information content (AvgIpc) is 2.88. The van der Waals surface area contributed by atoms with E-state index < -0.39 is 0 Å². The molecule has 0 aromatic rings. The van der Waals surface area contributed by atoms with Crippen LogP contribution in [-0.2, 0) is 14.3 Å². The van der Waals surface area contributed by atoms with Gasteiger partial charge in [0.2, 0.25) is 0 Å². The molecule has 1 rings (SSSR count). The molecule has 0 saturated heterocycles. The summed E-state index contributed by atoms with van der Waals surface area (Å²) in [7, 11) is 0. The van der Waals surface area contributed by atoms with E-state index in [1.807, 2.05) is 32.1 Å². The zero-order valence-electron chi connectivity index (χ0n) is 15.2. The van der Waals surface area contributed by atoms with Crippen molar-refractivity contribution in [2.75, 3.05) is 0 Å². The third-order valence-electron chi connectivity index (χ3n) is 3.99. The number of ketones is 1. The van der Waals surface area contributed by atoms with E-state index in [1.54, 1.807) is 0 Å². The lowest BCUT2D eigenvalue weighted by molar-refractivity contribution is -0.148. The molecule has 0 bridgehead atoms. The number of esters is 1. The van der Waals surface area contributed by atoms with Crippen molar-refractivity contribution in [2.45, 2.75) is 71.8 Å². The molecule has 0 amide bonds. The van der Waals surface area contributed by atoms with Crippen LogP contribution in [0, 0.1) is 0 Å². The van der Waals surface area contributed by atoms with Gasteiger partial charge in [-0.2, -0.15) is 0 Å². The lowest BCUT2D eigenvalue weighted by atomic mass is 10.1. The van der Waals surface area contributed by atoms with Crippen molar-refractivity contribution in [3.05, 3.63) is 47.6 Å². The van der Waals surface area contributed by atoms with E-state index in [0.29, 0.717) is 25.7 Å². The maximum absolute atomic E-state index is 12.0. The Balaban J connectivity index is 2.54. The van der Waals surface area contributed by atoms with Gasteiger partial charge < -0.3 is 4.74 Å². The van der Waals surface area contributed by atoms with Gasteiger partial charge >= 0.3 is 5.97 Å². The first-order chi connectivity index (χ1) is 11.6. The van der Waals surface area contributed by atoms with Gasteiger partial charge in [0.05, 0.1) is 0 Å². The SMILES string of the molecule is C/C=C\CCCC(=O)OC(C/C=C\CC)C/C=C1\CC=C(C)C1=O. The highest BCUT2D eigenvalue weighted by atomic mass is 16.5. The van der Waals surface area contributed by atoms with Crippen molar-refractivity contribution in [3.63, 3.8) is 0 Å². The van der Waals surface area contributed by atoms with Gasteiger partial charge in [-0.3, -0.25) is 9.59 Å². The first-order valence-electron chi connectivity index (χ1n) is 8.94. The lowest BCUT2D eigenvalue weighted by Crippen LogP contribution is -2.17. The molecule has 24 heavy (non-hydrogen) atoms. The minimum absolute atomic E-state index is 0.121. The molecule has 0 aromatic heterocycles. The molecule has 0 radical (unpaired) electrons. The normalized spacial score (nSPS) is 17.9. The van der Waals surface area contributed by atoms with Crippen LogP contribution in [-0.4, -0.2) is 17.9 Å². The molecule has 3 nitrogen and oxygen atoms in total. The summed E-state index contributed by atoms with van der Waals surface area (Å²) in [5, 5.41) is 0. The van der Waals surface area contributed by atoms with Crippen LogP contribution in [0.15, 0.2) is 47.6 Å². The van der Waals surface area contributed by atoms with Gasteiger partial charge in [-0.1, -0.05) is 43.4 Å². The van der Waals surface area contributed by atoms with Crippen molar-refractivity contribution in [3.8, 4) is 0 Å². The molecule has 1 aliphatic rings. The second kappa shape index (κ2) is 11.6. The Morgan fingerprint density at radius 2 is 2.08 bits per heavy atom. The fourth-order valence-electron chi connectivity index (χ4n) is 2.53. The van der Waals surface area contributed by atoms with Gasteiger partial charge in [-0.05, 0) is 50.7 Å². The maximum atomic E-state index is 12.0. The molecule has 0 saturated carbocycles. The number of Topliss-reactive ketones (excluding diaryl/α,β-unsaturated/α-hetero) is 1. The Bertz CT molecular complexity index is 535. The fraction of sp³-hybridized carbons (Fsp3) is 0.524. The van der Waals surface area contributed by atoms with Gasteiger partial charge in [-0.15, -0.1) is 0 Å². The molecule has 1 aliphatic carbocycles. The van der Waals surface area contributed by atoms with Crippen molar-refractivity contribution in [1.29, 1.82) is 0 Å². The Morgan fingerprint density at radius 3 is 2.71 bits per heavy atom. The highest BCUT2D eigenvalue weighted by molar-refractivity contribution is 6.10. The van der Waals surface area contributed by atoms with E-state index in [4.69, 9.17) is 4.74 Å². The molecule has 1 atom stereocenters.